The molecule has 13 heavy (non-hydrogen) atoms. The smallest absolute Gasteiger partial charge is 0.263 e. The summed E-state index contributed by atoms with van der Waals surface area (Å²) in [6.07, 6.45) is 1.55. The average molecular weight is 188 g/mol. The average Bonchev–Trinajstić information content (AvgIpc) is 2.41. The molecule has 2 atom stereocenters. The van der Waals surface area contributed by atoms with Crippen LogP contribution in [0.3, 0.4) is 0 Å². The number of rotatable bonds is 3. The van der Waals surface area contributed by atoms with Crippen LogP contribution in [0.2, 0.25) is 0 Å². The number of nitrogens with zero attached hydrogens (tertiary/aromatic N) is 1. The topological polar surface area (TPSA) is 35.8 Å². The van der Waals surface area contributed by atoms with Gasteiger partial charge >= 0.3 is 0 Å². The van der Waals surface area contributed by atoms with Crippen LogP contribution in [-0.4, -0.2) is 18.0 Å². The summed E-state index contributed by atoms with van der Waals surface area (Å²) in [6.45, 7) is 1.81. The number of alkyl halides is 2. The van der Waals surface area contributed by atoms with E-state index < -0.39 is 18.0 Å². The summed E-state index contributed by atoms with van der Waals surface area (Å²) in [5.74, 6) is -2.62. The molecule has 0 amide bonds. The van der Waals surface area contributed by atoms with Crippen LogP contribution in [0.1, 0.15) is 32.6 Å². The maximum absolute atomic E-state index is 13.1. The van der Waals surface area contributed by atoms with Crippen molar-refractivity contribution in [1.29, 1.82) is 5.26 Å². The Morgan fingerprint density at radius 3 is 2.77 bits per heavy atom. The highest BCUT2D eigenvalue weighted by atomic mass is 19.3. The lowest BCUT2D eigenvalue weighted by Crippen LogP contribution is -2.45. The van der Waals surface area contributed by atoms with Crippen molar-refractivity contribution in [2.24, 2.45) is 0 Å². The van der Waals surface area contributed by atoms with Gasteiger partial charge in [-0.05, 0) is 19.3 Å². The summed E-state index contributed by atoms with van der Waals surface area (Å²) in [6, 6.07) is 0.741. The highest BCUT2D eigenvalue weighted by Crippen LogP contribution is 2.35. The van der Waals surface area contributed by atoms with Gasteiger partial charge in [0.25, 0.3) is 5.92 Å². The predicted molar refractivity (Wildman–Crippen MR) is 45.4 cm³/mol. The lowest BCUT2D eigenvalue weighted by atomic mass is 10.1. The minimum absolute atomic E-state index is 0.0491. The van der Waals surface area contributed by atoms with Crippen LogP contribution < -0.4 is 5.32 Å². The predicted octanol–water partition coefficient (Wildman–Crippen LogP) is 2.07. The van der Waals surface area contributed by atoms with Gasteiger partial charge in [-0.1, -0.05) is 6.92 Å². The molecular formula is C9H14F2N2. The first-order valence-electron chi connectivity index (χ1n) is 4.63. The third kappa shape index (κ3) is 2.38. The number of nitrogens with one attached hydrogen (secondary N) is 1. The second-order valence-electron chi connectivity index (χ2n) is 3.46. The molecule has 1 rings (SSSR count). The molecule has 0 aliphatic heterocycles. The Hall–Kier alpha value is -0.690. The highest BCUT2D eigenvalue weighted by Gasteiger charge is 2.44. The maximum Gasteiger partial charge on any atom is 0.263 e. The van der Waals surface area contributed by atoms with Crippen LogP contribution in [0.25, 0.3) is 0 Å². The van der Waals surface area contributed by atoms with Crippen LogP contribution in [0.4, 0.5) is 8.78 Å². The Morgan fingerprint density at radius 2 is 2.38 bits per heavy atom. The van der Waals surface area contributed by atoms with Crippen molar-refractivity contribution in [1.82, 2.24) is 5.32 Å². The number of hydrogen-bond acceptors (Lipinski definition) is 2. The van der Waals surface area contributed by atoms with Crippen LogP contribution in [0.5, 0.6) is 0 Å². The summed E-state index contributed by atoms with van der Waals surface area (Å²) >= 11 is 0. The van der Waals surface area contributed by atoms with Crippen LogP contribution in [0.15, 0.2) is 0 Å². The zero-order valence-electron chi connectivity index (χ0n) is 7.69. The number of hydrogen-bond donors (Lipinski definition) is 1. The third-order valence-electron chi connectivity index (χ3n) is 2.48. The van der Waals surface area contributed by atoms with Crippen molar-refractivity contribution in [2.45, 2.75) is 50.6 Å². The Balaban J connectivity index is 2.49. The van der Waals surface area contributed by atoms with Gasteiger partial charge in [0, 0.05) is 6.42 Å². The number of halogens is 2. The SMILES string of the molecule is CCC(C#N)NC1CCCC1(F)F. The maximum atomic E-state index is 13.1. The molecule has 1 aliphatic rings. The van der Waals surface area contributed by atoms with Gasteiger partial charge in [-0.15, -0.1) is 0 Å². The molecule has 1 aliphatic carbocycles. The summed E-state index contributed by atoms with van der Waals surface area (Å²) in [7, 11) is 0. The van der Waals surface area contributed by atoms with Gasteiger partial charge in [-0.3, -0.25) is 5.32 Å². The minimum atomic E-state index is -2.62. The van der Waals surface area contributed by atoms with Crippen molar-refractivity contribution in [3.63, 3.8) is 0 Å². The van der Waals surface area contributed by atoms with Gasteiger partial charge in [0.05, 0.1) is 18.2 Å². The molecule has 2 nitrogen and oxygen atoms in total. The van der Waals surface area contributed by atoms with E-state index >= 15 is 0 Å². The van der Waals surface area contributed by atoms with Crippen LogP contribution >= 0.6 is 0 Å². The fourth-order valence-electron chi connectivity index (χ4n) is 1.62. The molecule has 0 aromatic heterocycles. The summed E-state index contributed by atoms with van der Waals surface area (Å²) in [4.78, 5) is 0. The van der Waals surface area contributed by atoms with Gasteiger partial charge < -0.3 is 0 Å². The van der Waals surface area contributed by atoms with Crippen molar-refractivity contribution < 1.29 is 8.78 Å². The van der Waals surface area contributed by atoms with Crippen molar-refractivity contribution in [2.75, 3.05) is 0 Å². The Morgan fingerprint density at radius 1 is 1.69 bits per heavy atom. The fourth-order valence-corrected chi connectivity index (χ4v) is 1.62. The molecule has 0 aromatic rings. The minimum Gasteiger partial charge on any atom is -0.294 e. The fraction of sp³-hybridized carbons (Fsp3) is 0.889. The van der Waals surface area contributed by atoms with Crippen molar-refractivity contribution >= 4 is 0 Å². The molecule has 2 unspecified atom stereocenters. The molecular weight excluding hydrogens is 174 g/mol. The van der Waals surface area contributed by atoms with Gasteiger partial charge in [-0.2, -0.15) is 5.26 Å². The van der Waals surface area contributed by atoms with Gasteiger partial charge in [0.1, 0.15) is 0 Å². The monoisotopic (exact) mass is 188 g/mol. The van der Waals surface area contributed by atoms with E-state index in [1.165, 1.54) is 0 Å². The largest absolute Gasteiger partial charge is 0.294 e. The van der Waals surface area contributed by atoms with E-state index in [2.05, 4.69) is 5.32 Å². The summed E-state index contributed by atoms with van der Waals surface area (Å²) < 4.78 is 26.1. The first-order chi connectivity index (χ1) is 6.10. The van der Waals surface area contributed by atoms with Crippen LogP contribution in [-0.2, 0) is 0 Å². The molecule has 0 radical (unpaired) electrons. The van der Waals surface area contributed by atoms with E-state index in [0.29, 0.717) is 19.3 Å². The second-order valence-corrected chi connectivity index (χ2v) is 3.46. The standard InChI is InChI=1S/C9H14F2N2/c1-2-7(6-12)13-8-4-3-5-9(8,10)11/h7-8,13H,2-5H2,1H3. The molecule has 0 aromatic carbocycles. The van der Waals surface area contributed by atoms with E-state index in [4.69, 9.17) is 5.26 Å². The van der Waals surface area contributed by atoms with Crippen molar-refractivity contribution in [3.8, 4) is 6.07 Å². The molecule has 1 fully saturated rings. The van der Waals surface area contributed by atoms with E-state index in [9.17, 15) is 8.78 Å². The van der Waals surface area contributed by atoms with E-state index in [1.54, 1.807) is 0 Å². The summed E-state index contributed by atoms with van der Waals surface area (Å²) in [5, 5.41) is 11.3. The summed E-state index contributed by atoms with van der Waals surface area (Å²) in [5.41, 5.74) is 0. The molecule has 1 saturated carbocycles. The molecule has 0 heterocycles. The molecule has 4 heteroatoms. The Labute approximate surface area is 76.9 Å². The first kappa shape index (κ1) is 10.4. The molecule has 1 N–H and O–H groups in total. The lowest BCUT2D eigenvalue weighted by molar-refractivity contribution is -0.0195. The van der Waals surface area contributed by atoms with Crippen molar-refractivity contribution in [3.05, 3.63) is 0 Å². The first-order valence-corrected chi connectivity index (χ1v) is 4.63. The zero-order valence-corrected chi connectivity index (χ0v) is 7.69. The molecule has 0 bridgehead atoms. The van der Waals surface area contributed by atoms with E-state index in [1.807, 2.05) is 13.0 Å². The lowest BCUT2D eigenvalue weighted by Gasteiger charge is -2.22. The van der Waals surface area contributed by atoms with E-state index in [-0.39, 0.29) is 6.42 Å². The number of nitriles is 1. The van der Waals surface area contributed by atoms with Gasteiger partial charge in [-0.25, -0.2) is 8.78 Å². The van der Waals surface area contributed by atoms with Crippen LogP contribution in [0, 0.1) is 11.3 Å². The van der Waals surface area contributed by atoms with Gasteiger partial charge in [0.2, 0.25) is 0 Å². The molecule has 0 spiro atoms. The zero-order chi connectivity index (χ0) is 9.90. The highest BCUT2D eigenvalue weighted by molar-refractivity contribution is 4.97. The Kier molecular flexibility index (Phi) is 3.21. The quantitative estimate of drug-likeness (QED) is 0.735. The Bertz CT molecular complexity index is 210. The second kappa shape index (κ2) is 4.01. The third-order valence-corrected chi connectivity index (χ3v) is 2.48. The molecule has 0 saturated heterocycles. The normalized spacial score (nSPS) is 28.3. The van der Waals surface area contributed by atoms with E-state index in [0.717, 1.165) is 0 Å². The molecule has 74 valence electrons. The van der Waals surface area contributed by atoms with Gasteiger partial charge in [0.15, 0.2) is 0 Å².